The maximum atomic E-state index is 15.2. The van der Waals surface area contributed by atoms with Gasteiger partial charge in [-0.25, -0.2) is 9.37 Å². The van der Waals surface area contributed by atoms with E-state index in [0.717, 1.165) is 61.3 Å². The number of nitrogens with zero attached hydrogens (tertiary/aromatic N) is 6. The van der Waals surface area contributed by atoms with Crippen LogP contribution in [0.2, 0.25) is 0 Å². The van der Waals surface area contributed by atoms with E-state index < -0.39 is 29.7 Å². The number of rotatable bonds is 15. The minimum Gasteiger partial charge on any atom is -0.374 e. The summed E-state index contributed by atoms with van der Waals surface area (Å²) in [5.74, 6) is -0.620. The Hall–Kier alpha value is -6.66. The highest BCUT2D eigenvalue weighted by Gasteiger charge is 2.31. The number of nitrogens with one attached hydrogen (secondary N) is 4. The molecule has 3 aliphatic rings. The number of benzene rings is 3. The van der Waals surface area contributed by atoms with Crippen LogP contribution in [0.3, 0.4) is 0 Å². The molecule has 14 nitrogen and oxygen atoms in total. The Morgan fingerprint density at radius 1 is 0.848 bits per heavy atom. The van der Waals surface area contributed by atoms with Gasteiger partial charge in [0.25, 0.3) is 0 Å². The van der Waals surface area contributed by atoms with Crippen molar-refractivity contribution in [1.29, 1.82) is 0 Å². The maximum absolute atomic E-state index is 15.2. The van der Waals surface area contributed by atoms with Crippen LogP contribution in [0, 0.1) is 11.7 Å². The number of aromatic nitrogens is 3. The first kappa shape index (κ1) is 45.9. The van der Waals surface area contributed by atoms with Crippen molar-refractivity contribution in [2.75, 3.05) is 67.9 Å². The normalized spacial score (nSPS) is 17.9. The van der Waals surface area contributed by atoms with Gasteiger partial charge >= 0.3 is 6.18 Å². The third kappa shape index (κ3) is 11.8. The monoisotopic (exact) mass is 908 g/mol. The first-order valence-corrected chi connectivity index (χ1v) is 22.2. The van der Waals surface area contributed by atoms with E-state index in [0.29, 0.717) is 74.2 Å². The molecule has 66 heavy (non-hydrogen) atoms. The van der Waals surface area contributed by atoms with Gasteiger partial charge in [-0.3, -0.25) is 34.1 Å². The number of hydrogen-bond donors (Lipinski definition) is 4. The Bertz CT molecular complexity index is 2470. The highest BCUT2D eigenvalue weighted by molar-refractivity contribution is 6.01. The number of hydrogen-bond acceptors (Lipinski definition) is 10. The standard InChI is InChI=1S/C48H52F4N10O4/c49-39-26-38(56-40-12-15-43(63)58-46(40)65)11-13-41(39)60-24-22-59(23-25-60)29-33-17-20-61(21-18-33)44(64)31-62-30-36(28-55-62)35-8-14-42(54-27-35)57-47(66)45(34-4-2-1-3-5-34)53-19-16-32-6-9-37(10-7-32)48(50,51)52/h1-11,13-14,26-28,30,33,40,45,53,56H,12,15-25,29,31H2,(H,54,57,66)(H,58,63,65). The molecule has 8 rings (SSSR count). The number of likely N-dealkylation sites (tertiary alicyclic amines) is 1. The van der Waals surface area contributed by atoms with Crippen molar-refractivity contribution in [3.05, 3.63) is 126 Å². The van der Waals surface area contributed by atoms with Gasteiger partial charge in [0, 0.05) is 88.0 Å². The summed E-state index contributed by atoms with van der Waals surface area (Å²) >= 11 is 0. The van der Waals surface area contributed by atoms with Crippen molar-refractivity contribution in [2.45, 2.75) is 56.9 Å². The summed E-state index contributed by atoms with van der Waals surface area (Å²) in [5.41, 5.74) is 3.26. The van der Waals surface area contributed by atoms with E-state index in [1.54, 1.807) is 41.5 Å². The topological polar surface area (TPSA) is 157 Å². The first-order valence-electron chi connectivity index (χ1n) is 22.2. The van der Waals surface area contributed by atoms with Crippen LogP contribution in [-0.2, 0) is 38.3 Å². The number of alkyl halides is 3. The first-order chi connectivity index (χ1) is 31.8. The molecule has 0 radical (unpaired) electrons. The largest absolute Gasteiger partial charge is 0.416 e. The van der Waals surface area contributed by atoms with E-state index in [2.05, 4.69) is 36.2 Å². The van der Waals surface area contributed by atoms with E-state index in [1.807, 2.05) is 46.2 Å². The number of halogens is 4. The number of imide groups is 1. The summed E-state index contributed by atoms with van der Waals surface area (Å²) in [6.07, 6.45) is 3.50. The van der Waals surface area contributed by atoms with Crippen LogP contribution in [0.5, 0.6) is 0 Å². The molecule has 0 bridgehead atoms. The molecule has 18 heteroatoms. The summed E-state index contributed by atoms with van der Waals surface area (Å²) < 4.78 is 55.8. The van der Waals surface area contributed by atoms with Gasteiger partial charge in [0.15, 0.2) is 0 Å². The van der Waals surface area contributed by atoms with Gasteiger partial charge in [-0.1, -0.05) is 42.5 Å². The number of anilines is 3. The third-order valence-electron chi connectivity index (χ3n) is 12.4. The van der Waals surface area contributed by atoms with E-state index in [-0.39, 0.29) is 36.5 Å². The molecule has 346 valence electrons. The van der Waals surface area contributed by atoms with Crippen molar-refractivity contribution in [2.24, 2.45) is 5.92 Å². The smallest absolute Gasteiger partial charge is 0.374 e. The zero-order valence-corrected chi connectivity index (χ0v) is 36.3. The Kier molecular flexibility index (Phi) is 14.4. The van der Waals surface area contributed by atoms with Crippen molar-refractivity contribution in [1.82, 2.24) is 35.2 Å². The molecule has 0 spiro atoms. The summed E-state index contributed by atoms with van der Waals surface area (Å²) in [4.78, 5) is 61.2. The van der Waals surface area contributed by atoms with Crippen LogP contribution >= 0.6 is 0 Å². The molecule has 0 aliphatic carbocycles. The number of carbonyl (C=O) groups excluding carboxylic acids is 4. The molecule has 3 saturated heterocycles. The zero-order valence-electron chi connectivity index (χ0n) is 36.3. The van der Waals surface area contributed by atoms with Gasteiger partial charge in [-0.05, 0) is 85.2 Å². The van der Waals surface area contributed by atoms with E-state index in [1.165, 1.54) is 18.2 Å². The number of amides is 4. The van der Waals surface area contributed by atoms with E-state index >= 15 is 4.39 Å². The molecule has 0 saturated carbocycles. The fraction of sp³-hybridized carbons (Fsp3) is 0.375. The van der Waals surface area contributed by atoms with Crippen LogP contribution in [0.15, 0.2) is 104 Å². The summed E-state index contributed by atoms with van der Waals surface area (Å²) in [7, 11) is 0. The average Bonchev–Trinajstić information content (AvgIpc) is 3.78. The molecule has 2 unspecified atom stereocenters. The lowest BCUT2D eigenvalue weighted by molar-refractivity contribution is -0.138. The molecule has 4 N–H and O–H groups in total. The predicted octanol–water partition coefficient (Wildman–Crippen LogP) is 5.89. The Labute approximate surface area is 379 Å². The number of piperidine rings is 2. The SMILES string of the molecule is O=C1CCC(Nc2ccc(N3CCN(CC4CCN(C(=O)Cn5cc(-c6ccc(NC(=O)C(NCCc7ccc(C(F)(F)F)cc7)c7ccccc7)nc6)cn5)CC4)CC3)c(F)c2)C(=O)N1. The predicted molar refractivity (Wildman–Crippen MR) is 241 cm³/mol. The molecule has 2 aromatic heterocycles. The highest BCUT2D eigenvalue weighted by Crippen LogP contribution is 2.30. The lowest BCUT2D eigenvalue weighted by Gasteiger charge is -2.39. The Morgan fingerprint density at radius 3 is 2.29 bits per heavy atom. The zero-order chi connectivity index (χ0) is 46.2. The fourth-order valence-corrected chi connectivity index (χ4v) is 8.69. The molecule has 3 aliphatic heterocycles. The second-order valence-electron chi connectivity index (χ2n) is 17.0. The van der Waals surface area contributed by atoms with Crippen LogP contribution in [0.25, 0.3) is 11.1 Å². The molecular formula is C48H52F4N10O4. The van der Waals surface area contributed by atoms with Gasteiger partial charge in [-0.15, -0.1) is 0 Å². The summed E-state index contributed by atoms with van der Waals surface area (Å²) in [6, 6.07) is 21.2. The number of piperazine rings is 1. The average molecular weight is 909 g/mol. The van der Waals surface area contributed by atoms with Crippen molar-refractivity contribution >= 4 is 40.8 Å². The third-order valence-corrected chi connectivity index (χ3v) is 12.4. The second kappa shape index (κ2) is 20.7. The van der Waals surface area contributed by atoms with Crippen molar-refractivity contribution in [3.8, 4) is 11.1 Å². The van der Waals surface area contributed by atoms with Crippen LogP contribution in [0.4, 0.5) is 34.8 Å². The van der Waals surface area contributed by atoms with E-state index in [4.69, 9.17) is 0 Å². The Morgan fingerprint density at radius 2 is 1.61 bits per heavy atom. The lowest BCUT2D eigenvalue weighted by atomic mass is 9.96. The molecule has 3 fully saturated rings. The quantitative estimate of drug-likeness (QED) is 0.0738. The van der Waals surface area contributed by atoms with Crippen LogP contribution < -0.4 is 26.2 Å². The Balaban J connectivity index is 0.759. The van der Waals surface area contributed by atoms with Gasteiger partial charge < -0.3 is 25.8 Å². The lowest BCUT2D eigenvalue weighted by Crippen LogP contribution is -2.49. The summed E-state index contributed by atoms with van der Waals surface area (Å²) in [5, 5.41) is 15.9. The highest BCUT2D eigenvalue weighted by atomic mass is 19.4. The fourth-order valence-electron chi connectivity index (χ4n) is 8.69. The van der Waals surface area contributed by atoms with Gasteiger partial charge in [0.2, 0.25) is 23.6 Å². The van der Waals surface area contributed by atoms with Gasteiger partial charge in [0.05, 0.1) is 17.4 Å². The maximum Gasteiger partial charge on any atom is 0.416 e. The van der Waals surface area contributed by atoms with Crippen LogP contribution in [-0.4, -0.2) is 107 Å². The molecule has 2 atom stereocenters. The molecule has 5 aromatic rings. The van der Waals surface area contributed by atoms with E-state index in [9.17, 15) is 32.3 Å². The molecule has 3 aromatic carbocycles. The second-order valence-corrected chi connectivity index (χ2v) is 17.0. The molecular weight excluding hydrogens is 857 g/mol. The summed E-state index contributed by atoms with van der Waals surface area (Å²) in [6.45, 7) is 5.67. The molecule has 4 amide bonds. The van der Waals surface area contributed by atoms with Crippen LogP contribution in [0.1, 0.15) is 48.4 Å². The minimum absolute atomic E-state index is 0.00538. The molecule has 5 heterocycles. The van der Waals surface area contributed by atoms with Crippen molar-refractivity contribution < 1.29 is 36.7 Å². The number of pyridine rings is 1. The minimum atomic E-state index is -4.40. The van der Waals surface area contributed by atoms with Crippen molar-refractivity contribution in [3.63, 3.8) is 0 Å². The van der Waals surface area contributed by atoms with Gasteiger partial charge in [0.1, 0.15) is 30.3 Å². The number of carbonyl (C=O) groups is 4. The van der Waals surface area contributed by atoms with Gasteiger partial charge in [-0.2, -0.15) is 18.3 Å².